The van der Waals surface area contributed by atoms with E-state index in [9.17, 15) is 9.59 Å². The van der Waals surface area contributed by atoms with Gasteiger partial charge >= 0.3 is 6.09 Å². The number of rotatable bonds is 3. The molecular formula is C29H37N7O3. The van der Waals surface area contributed by atoms with Gasteiger partial charge in [0, 0.05) is 36.1 Å². The van der Waals surface area contributed by atoms with Gasteiger partial charge in [0.05, 0.1) is 40.7 Å². The number of carbonyl (C=O) groups excluding carboxylic acids is 2. The summed E-state index contributed by atoms with van der Waals surface area (Å²) in [7, 11) is 0. The summed E-state index contributed by atoms with van der Waals surface area (Å²) in [5.41, 5.74) is 5.15. The van der Waals surface area contributed by atoms with Gasteiger partial charge in [-0.15, -0.1) is 0 Å². The molecule has 0 bridgehead atoms. The third-order valence-corrected chi connectivity index (χ3v) is 6.98. The maximum atomic E-state index is 13.4. The smallest absolute Gasteiger partial charge is 0.410 e. The van der Waals surface area contributed by atoms with Gasteiger partial charge in [-0.2, -0.15) is 0 Å². The highest BCUT2D eigenvalue weighted by molar-refractivity contribution is 6.14. The molecule has 1 aromatic carbocycles. The Kier molecular flexibility index (Phi) is 6.52. The van der Waals surface area contributed by atoms with Crippen LogP contribution in [-0.4, -0.2) is 67.0 Å². The van der Waals surface area contributed by atoms with Crippen molar-refractivity contribution in [2.24, 2.45) is 0 Å². The van der Waals surface area contributed by atoms with Gasteiger partial charge in [0.25, 0.3) is 5.91 Å². The summed E-state index contributed by atoms with van der Waals surface area (Å²) in [6, 6.07) is 5.83. The van der Waals surface area contributed by atoms with E-state index in [1.54, 1.807) is 6.20 Å². The summed E-state index contributed by atoms with van der Waals surface area (Å²) in [5, 5.41) is 3.93. The Morgan fingerprint density at radius 2 is 1.74 bits per heavy atom. The van der Waals surface area contributed by atoms with Crippen LogP contribution in [0, 0.1) is 20.8 Å². The Hall–Kier alpha value is -4.08. The van der Waals surface area contributed by atoms with Gasteiger partial charge in [0.1, 0.15) is 11.4 Å². The van der Waals surface area contributed by atoms with E-state index < -0.39 is 5.60 Å². The maximum Gasteiger partial charge on any atom is 0.410 e. The Labute approximate surface area is 228 Å². The van der Waals surface area contributed by atoms with Crippen LogP contribution >= 0.6 is 0 Å². The Morgan fingerprint density at radius 3 is 2.41 bits per heavy atom. The van der Waals surface area contributed by atoms with Crippen molar-refractivity contribution in [3.63, 3.8) is 0 Å². The zero-order chi connectivity index (χ0) is 28.2. The molecule has 2 atom stereocenters. The normalized spacial score (nSPS) is 18.2. The number of aromatic amines is 1. The van der Waals surface area contributed by atoms with E-state index in [1.165, 1.54) is 0 Å². The predicted octanol–water partition coefficient (Wildman–Crippen LogP) is 5.22. The number of ether oxygens (including phenoxy) is 1. The molecule has 39 heavy (non-hydrogen) atoms. The number of H-pyrrole nitrogens is 1. The topological polar surface area (TPSA) is 108 Å². The number of piperazine rings is 1. The number of hydrogen-bond donors (Lipinski definition) is 2. The molecule has 206 valence electrons. The Bertz CT molecular complexity index is 1570. The molecule has 10 nitrogen and oxygen atoms in total. The molecule has 0 spiro atoms. The second kappa shape index (κ2) is 9.59. The van der Waals surface area contributed by atoms with Crippen molar-refractivity contribution in [3.8, 4) is 0 Å². The molecule has 4 heterocycles. The molecule has 1 saturated heterocycles. The first-order valence-electron chi connectivity index (χ1n) is 13.3. The molecule has 0 aliphatic carbocycles. The summed E-state index contributed by atoms with van der Waals surface area (Å²) >= 11 is 0. The number of carbonyl (C=O) groups is 2. The van der Waals surface area contributed by atoms with Crippen LogP contribution in [0.4, 0.5) is 16.3 Å². The highest BCUT2D eigenvalue weighted by atomic mass is 16.6. The van der Waals surface area contributed by atoms with Crippen LogP contribution < -0.4 is 10.2 Å². The number of benzene rings is 1. The minimum Gasteiger partial charge on any atom is -0.444 e. The van der Waals surface area contributed by atoms with Crippen molar-refractivity contribution in [1.29, 1.82) is 0 Å². The summed E-state index contributed by atoms with van der Waals surface area (Å²) in [4.78, 5) is 42.8. The quantitative estimate of drug-likeness (QED) is 0.375. The van der Waals surface area contributed by atoms with Gasteiger partial charge in [-0.25, -0.2) is 14.8 Å². The monoisotopic (exact) mass is 531 g/mol. The molecule has 4 aromatic rings. The van der Waals surface area contributed by atoms with Gasteiger partial charge in [-0.3, -0.25) is 9.69 Å². The van der Waals surface area contributed by atoms with E-state index in [-0.39, 0.29) is 24.1 Å². The highest BCUT2D eigenvalue weighted by Gasteiger charge is 2.36. The van der Waals surface area contributed by atoms with Gasteiger partial charge < -0.3 is 24.3 Å². The Morgan fingerprint density at radius 1 is 1.05 bits per heavy atom. The molecule has 1 aliphatic rings. The first kappa shape index (κ1) is 26.5. The minimum atomic E-state index is -0.545. The molecule has 10 heteroatoms. The van der Waals surface area contributed by atoms with Crippen molar-refractivity contribution < 1.29 is 14.3 Å². The first-order chi connectivity index (χ1) is 18.3. The van der Waals surface area contributed by atoms with Crippen LogP contribution in [0.1, 0.15) is 62.1 Å². The lowest BCUT2D eigenvalue weighted by Crippen LogP contribution is -2.59. The van der Waals surface area contributed by atoms with Crippen LogP contribution in [-0.2, 0) is 4.74 Å². The number of anilines is 2. The summed E-state index contributed by atoms with van der Waals surface area (Å²) < 4.78 is 7.54. The fourth-order valence-corrected chi connectivity index (χ4v) is 5.52. The van der Waals surface area contributed by atoms with E-state index in [1.807, 2.05) is 83.0 Å². The number of imidazole rings is 1. The highest BCUT2D eigenvalue weighted by Crippen LogP contribution is 2.33. The molecule has 2 amide bonds. The second-order valence-corrected chi connectivity index (χ2v) is 11.6. The fraction of sp³-hybridized carbons (Fsp3) is 0.448. The molecular weight excluding hydrogens is 494 g/mol. The van der Waals surface area contributed by atoms with Gasteiger partial charge in [-0.05, 0) is 73.6 Å². The Balaban J connectivity index is 1.41. The largest absolute Gasteiger partial charge is 0.444 e. The number of aryl methyl sites for hydroxylation is 3. The second-order valence-electron chi connectivity index (χ2n) is 11.6. The van der Waals surface area contributed by atoms with Crippen LogP contribution in [0.2, 0.25) is 0 Å². The molecule has 0 saturated carbocycles. The van der Waals surface area contributed by atoms with Crippen molar-refractivity contribution in [2.45, 2.75) is 73.1 Å². The number of nitrogens with zero attached hydrogens (tertiary/aromatic N) is 5. The minimum absolute atomic E-state index is 0.0438. The van der Waals surface area contributed by atoms with Crippen LogP contribution in [0.5, 0.6) is 0 Å². The van der Waals surface area contributed by atoms with Gasteiger partial charge in [0.15, 0.2) is 5.65 Å². The number of amides is 2. The summed E-state index contributed by atoms with van der Waals surface area (Å²) in [5.74, 6) is 0.219. The van der Waals surface area contributed by atoms with Gasteiger partial charge in [-0.1, -0.05) is 0 Å². The third-order valence-electron chi connectivity index (χ3n) is 6.98. The lowest BCUT2D eigenvalue weighted by atomic mass is 10.0. The summed E-state index contributed by atoms with van der Waals surface area (Å²) in [6.07, 6.45) is 3.40. The van der Waals surface area contributed by atoms with E-state index in [0.29, 0.717) is 24.5 Å². The number of aromatic nitrogens is 4. The van der Waals surface area contributed by atoms with Crippen LogP contribution in [0.15, 0.2) is 30.6 Å². The zero-order valence-electron chi connectivity index (χ0n) is 23.9. The van der Waals surface area contributed by atoms with Crippen molar-refractivity contribution in [1.82, 2.24) is 24.3 Å². The van der Waals surface area contributed by atoms with E-state index in [0.717, 1.165) is 39.3 Å². The number of hydrogen-bond acceptors (Lipinski definition) is 6. The lowest BCUT2D eigenvalue weighted by Gasteiger charge is -2.45. The molecule has 5 rings (SSSR count). The molecule has 1 aliphatic heterocycles. The average Bonchev–Trinajstić information content (AvgIpc) is 3.38. The number of nitrogens with one attached hydrogen (secondary N) is 2. The van der Waals surface area contributed by atoms with Gasteiger partial charge in [0.2, 0.25) is 0 Å². The SMILES string of the molecule is Cc1cn2cc(NC(=O)c3ccc(N4CC(C)N(C(=O)OC(C)(C)C)[C@@H](C)C4)c4cc(C)[nH]c34)nc(C)c2n1. The van der Waals surface area contributed by atoms with E-state index >= 15 is 0 Å². The molecule has 1 fully saturated rings. The predicted molar refractivity (Wildman–Crippen MR) is 153 cm³/mol. The average molecular weight is 532 g/mol. The maximum absolute atomic E-state index is 13.4. The van der Waals surface area contributed by atoms with Crippen LogP contribution in [0.3, 0.4) is 0 Å². The summed E-state index contributed by atoms with van der Waals surface area (Å²) in [6.45, 7) is 16.8. The standard InChI is InChI=1S/C29H37N7O3/c1-16-11-22-23(34-13-18(3)36(19(4)14-34)28(38)39-29(6,7)8)10-9-21(25(22)30-16)27(37)33-24-15-35-12-17(2)31-26(35)20(5)32-24/h9-12,15,18-19,30H,13-14H2,1-8H3,(H,33,37)/t18-,19?/m0/s1. The first-order valence-corrected chi connectivity index (χ1v) is 13.3. The lowest BCUT2D eigenvalue weighted by molar-refractivity contribution is 0.00567. The van der Waals surface area contributed by atoms with Crippen molar-refractivity contribution >= 4 is 40.1 Å². The third kappa shape index (κ3) is 5.15. The molecule has 1 unspecified atom stereocenters. The fourth-order valence-electron chi connectivity index (χ4n) is 5.52. The molecule has 2 N–H and O–H groups in total. The van der Waals surface area contributed by atoms with Crippen LogP contribution in [0.25, 0.3) is 16.6 Å². The van der Waals surface area contributed by atoms with E-state index in [4.69, 9.17) is 4.74 Å². The zero-order valence-corrected chi connectivity index (χ0v) is 23.9. The molecule has 0 radical (unpaired) electrons. The van der Waals surface area contributed by atoms with Crippen molar-refractivity contribution in [3.05, 3.63) is 53.2 Å². The molecule has 3 aromatic heterocycles. The van der Waals surface area contributed by atoms with Crippen molar-refractivity contribution in [2.75, 3.05) is 23.3 Å². The number of fused-ring (bicyclic) bond motifs is 2. The van der Waals surface area contributed by atoms with E-state index in [2.05, 4.69) is 31.2 Å².